The lowest BCUT2D eigenvalue weighted by molar-refractivity contribution is -0.133. The molecule has 0 bridgehead atoms. The number of tetrazole rings is 1. The van der Waals surface area contributed by atoms with Crippen LogP contribution in [0.25, 0.3) is 0 Å². The normalized spacial score (nSPS) is 24.8. The Morgan fingerprint density at radius 2 is 2.56 bits per heavy atom. The van der Waals surface area contributed by atoms with E-state index in [1.54, 1.807) is 4.68 Å². The van der Waals surface area contributed by atoms with Gasteiger partial charge in [0.2, 0.25) is 5.16 Å². The van der Waals surface area contributed by atoms with Gasteiger partial charge in [0, 0.05) is 6.61 Å². The summed E-state index contributed by atoms with van der Waals surface area (Å²) in [4.78, 5) is 10.5. The minimum Gasteiger partial charge on any atom is -0.481 e. The van der Waals surface area contributed by atoms with Gasteiger partial charge in [0.1, 0.15) is 0 Å². The van der Waals surface area contributed by atoms with E-state index in [-0.39, 0.29) is 11.3 Å². The lowest BCUT2D eigenvalue weighted by Crippen LogP contribution is -2.32. The second-order valence-electron chi connectivity index (χ2n) is 3.86. The molecule has 0 radical (unpaired) electrons. The number of hydrogen-bond acceptors (Lipinski definition) is 6. The lowest BCUT2D eigenvalue weighted by Gasteiger charge is -2.22. The SMILES string of the molecule is CC1(n2nnnc2SCC(=O)O)CCOC1. The Labute approximate surface area is 96.2 Å². The molecule has 88 valence electrons. The summed E-state index contributed by atoms with van der Waals surface area (Å²) in [5, 5.41) is 20.4. The van der Waals surface area contributed by atoms with Gasteiger partial charge in [-0.2, -0.15) is 0 Å². The highest BCUT2D eigenvalue weighted by Crippen LogP contribution is 2.29. The Morgan fingerprint density at radius 3 is 3.19 bits per heavy atom. The van der Waals surface area contributed by atoms with E-state index >= 15 is 0 Å². The number of carboxylic acids is 1. The zero-order chi connectivity index (χ0) is 11.6. The van der Waals surface area contributed by atoms with E-state index in [0.717, 1.165) is 18.2 Å². The summed E-state index contributed by atoms with van der Waals surface area (Å²) < 4.78 is 6.98. The number of hydrogen-bond donors (Lipinski definition) is 1. The van der Waals surface area contributed by atoms with Gasteiger partial charge in [-0.25, -0.2) is 4.68 Å². The maximum Gasteiger partial charge on any atom is 0.313 e. The van der Waals surface area contributed by atoms with Gasteiger partial charge in [-0.05, 0) is 23.8 Å². The van der Waals surface area contributed by atoms with Crippen LogP contribution in [-0.4, -0.2) is 50.2 Å². The van der Waals surface area contributed by atoms with E-state index in [0.29, 0.717) is 18.4 Å². The van der Waals surface area contributed by atoms with Crippen molar-refractivity contribution in [3.63, 3.8) is 0 Å². The molecule has 0 saturated carbocycles. The summed E-state index contributed by atoms with van der Waals surface area (Å²) in [6.45, 7) is 3.24. The van der Waals surface area contributed by atoms with Crippen LogP contribution in [0.3, 0.4) is 0 Å². The molecule has 1 aliphatic rings. The van der Waals surface area contributed by atoms with Gasteiger partial charge in [0.25, 0.3) is 0 Å². The number of carboxylic acid groups (broad SMARTS) is 1. The maximum atomic E-state index is 10.5. The fraction of sp³-hybridized carbons (Fsp3) is 0.750. The first-order chi connectivity index (χ1) is 7.62. The van der Waals surface area contributed by atoms with Gasteiger partial charge < -0.3 is 9.84 Å². The molecule has 1 unspecified atom stereocenters. The highest BCUT2D eigenvalue weighted by molar-refractivity contribution is 7.99. The van der Waals surface area contributed by atoms with Crippen molar-refractivity contribution in [3.05, 3.63) is 0 Å². The topological polar surface area (TPSA) is 90.1 Å². The number of aromatic nitrogens is 4. The van der Waals surface area contributed by atoms with Gasteiger partial charge in [0.05, 0.1) is 17.9 Å². The molecule has 16 heavy (non-hydrogen) atoms. The molecule has 7 nitrogen and oxygen atoms in total. The molecular weight excluding hydrogens is 232 g/mol. The summed E-state index contributed by atoms with van der Waals surface area (Å²) in [7, 11) is 0. The van der Waals surface area contributed by atoms with Crippen molar-refractivity contribution < 1.29 is 14.6 Å². The van der Waals surface area contributed by atoms with Crippen LogP contribution in [0, 0.1) is 0 Å². The third kappa shape index (κ3) is 2.17. The summed E-state index contributed by atoms with van der Waals surface area (Å²) in [5.41, 5.74) is -0.260. The Hall–Kier alpha value is -1.15. The van der Waals surface area contributed by atoms with Crippen molar-refractivity contribution in [2.24, 2.45) is 0 Å². The maximum absolute atomic E-state index is 10.5. The van der Waals surface area contributed by atoms with Crippen LogP contribution in [0.4, 0.5) is 0 Å². The lowest BCUT2D eigenvalue weighted by atomic mass is 10.0. The van der Waals surface area contributed by atoms with E-state index in [2.05, 4.69) is 15.5 Å². The first-order valence-corrected chi connectivity index (χ1v) is 5.81. The van der Waals surface area contributed by atoms with Crippen LogP contribution in [0.2, 0.25) is 0 Å². The van der Waals surface area contributed by atoms with Gasteiger partial charge in [0.15, 0.2) is 0 Å². The molecule has 1 aromatic rings. The number of aliphatic carboxylic acids is 1. The molecule has 0 spiro atoms. The van der Waals surface area contributed by atoms with Crippen molar-refractivity contribution in [2.45, 2.75) is 24.0 Å². The largest absolute Gasteiger partial charge is 0.481 e. The highest BCUT2D eigenvalue weighted by atomic mass is 32.2. The first-order valence-electron chi connectivity index (χ1n) is 4.83. The number of thioether (sulfide) groups is 1. The Morgan fingerprint density at radius 1 is 1.75 bits per heavy atom. The quantitative estimate of drug-likeness (QED) is 0.744. The monoisotopic (exact) mass is 244 g/mol. The van der Waals surface area contributed by atoms with Crippen LogP contribution in [0.15, 0.2) is 5.16 Å². The van der Waals surface area contributed by atoms with Crippen molar-refractivity contribution in [2.75, 3.05) is 19.0 Å². The van der Waals surface area contributed by atoms with Crippen LogP contribution in [0.5, 0.6) is 0 Å². The van der Waals surface area contributed by atoms with E-state index in [4.69, 9.17) is 9.84 Å². The van der Waals surface area contributed by atoms with Crippen molar-refractivity contribution >= 4 is 17.7 Å². The van der Waals surface area contributed by atoms with Crippen LogP contribution in [0.1, 0.15) is 13.3 Å². The van der Waals surface area contributed by atoms with E-state index in [1.807, 2.05) is 6.92 Å². The molecule has 0 aromatic carbocycles. The number of rotatable bonds is 4. The molecule has 1 saturated heterocycles. The molecule has 1 atom stereocenters. The number of nitrogens with zero attached hydrogens (tertiary/aromatic N) is 4. The number of ether oxygens (including phenoxy) is 1. The van der Waals surface area contributed by atoms with Crippen molar-refractivity contribution in [1.82, 2.24) is 20.2 Å². The van der Waals surface area contributed by atoms with Crippen molar-refractivity contribution in [3.8, 4) is 0 Å². The van der Waals surface area contributed by atoms with Gasteiger partial charge in [-0.3, -0.25) is 4.79 Å². The summed E-state index contributed by atoms with van der Waals surface area (Å²) >= 11 is 1.12. The van der Waals surface area contributed by atoms with Gasteiger partial charge in [-0.15, -0.1) is 5.10 Å². The molecule has 0 amide bonds. The highest BCUT2D eigenvalue weighted by Gasteiger charge is 2.35. The summed E-state index contributed by atoms with van der Waals surface area (Å²) in [5.74, 6) is -0.926. The Balaban J connectivity index is 2.15. The fourth-order valence-electron chi connectivity index (χ4n) is 1.56. The molecule has 1 aliphatic heterocycles. The standard InChI is InChI=1S/C8H12N4O3S/c1-8(2-3-15-5-8)12-7(9-10-11-12)16-4-6(13)14/h2-5H2,1H3,(H,13,14). The van der Waals surface area contributed by atoms with E-state index in [1.165, 1.54) is 0 Å². The van der Waals surface area contributed by atoms with Crippen LogP contribution in [-0.2, 0) is 15.1 Å². The fourth-order valence-corrected chi connectivity index (χ4v) is 2.28. The minimum absolute atomic E-state index is 0.0443. The smallest absolute Gasteiger partial charge is 0.313 e. The Kier molecular flexibility index (Phi) is 3.10. The first kappa shape index (κ1) is 11.3. The third-order valence-corrected chi connectivity index (χ3v) is 3.38. The molecule has 0 aliphatic carbocycles. The Bertz CT molecular complexity index is 388. The van der Waals surface area contributed by atoms with Crippen LogP contribution >= 0.6 is 11.8 Å². The van der Waals surface area contributed by atoms with Crippen LogP contribution < -0.4 is 0 Å². The molecule has 2 rings (SSSR count). The van der Waals surface area contributed by atoms with Crippen molar-refractivity contribution in [1.29, 1.82) is 0 Å². The molecular formula is C8H12N4O3S. The molecule has 1 fully saturated rings. The molecule has 1 aromatic heterocycles. The van der Waals surface area contributed by atoms with E-state index in [9.17, 15) is 4.79 Å². The average molecular weight is 244 g/mol. The van der Waals surface area contributed by atoms with Gasteiger partial charge >= 0.3 is 5.97 Å². The average Bonchev–Trinajstić information content (AvgIpc) is 2.83. The zero-order valence-electron chi connectivity index (χ0n) is 8.79. The predicted molar refractivity (Wildman–Crippen MR) is 55.3 cm³/mol. The van der Waals surface area contributed by atoms with E-state index < -0.39 is 5.97 Å². The summed E-state index contributed by atoms with van der Waals surface area (Å²) in [6, 6.07) is 0. The zero-order valence-corrected chi connectivity index (χ0v) is 9.61. The number of carbonyl (C=O) groups is 1. The van der Waals surface area contributed by atoms with Gasteiger partial charge in [-0.1, -0.05) is 11.8 Å². The summed E-state index contributed by atoms with van der Waals surface area (Å²) in [6.07, 6.45) is 0.832. The second-order valence-corrected chi connectivity index (χ2v) is 4.80. The minimum atomic E-state index is -0.882. The predicted octanol–water partition coefficient (Wildman–Crippen LogP) is -0.0147. The third-order valence-electron chi connectivity index (χ3n) is 2.47. The molecule has 2 heterocycles. The molecule has 8 heteroatoms. The molecule has 1 N–H and O–H groups in total. The second kappa shape index (κ2) is 4.38.